The molecule has 1 nitrogen and oxygen atoms in total. The van der Waals surface area contributed by atoms with Crippen molar-refractivity contribution >= 4 is 27.2 Å². The molecule has 0 aliphatic carbocycles. The highest BCUT2D eigenvalue weighted by Crippen LogP contribution is 2.18. The van der Waals surface area contributed by atoms with Gasteiger partial charge in [-0.2, -0.15) is 0 Å². The fraction of sp³-hybridized carbons (Fsp3) is 0.471. The third-order valence-corrected chi connectivity index (χ3v) is 3.88. The monoisotopic (exact) mass is 276 g/mol. The lowest BCUT2D eigenvalue weighted by molar-refractivity contribution is -0.119. The molecule has 0 aliphatic heterocycles. The standard InChI is InChI=1S/C9H18O.C8H6S/c1-3-5-7-9(10)8-6-4-2;1-2-4-8-7(3-1)5-6-9-8/h3-8H2,1-2H3;1-6H. The zero-order valence-corrected chi connectivity index (χ0v) is 12.8. The molecule has 0 atom stereocenters. The maximum absolute atomic E-state index is 11.0. The van der Waals surface area contributed by atoms with Gasteiger partial charge in [0.05, 0.1) is 0 Å². The zero-order valence-electron chi connectivity index (χ0n) is 12.0. The van der Waals surface area contributed by atoms with Crippen LogP contribution in [0.15, 0.2) is 35.7 Å². The van der Waals surface area contributed by atoms with Crippen molar-refractivity contribution in [1.29, 1.82) is 0 Å². The van der Waals surface area contributed by atoms with E-state index < -0.39 is 0 Å². The number of carbonyl (C=O) groups is 1. The highest BCUT2D eigenvalue weighted by Gasteiger charge is 1.98. The van der Waals surface area contributed by atoms with Gasteiger partial charge in [0.15, 0.2) is 0 Å². The summed E-state index contributed by atoms with van der Waals surface area (Å²) in [7, 11) is 0. The molecule has 104 valence electrons. The van der Waals surface area contributed by atoms with Crippen LogP contribution in [-0.4, -0.2) is 5.78 Å². The van der Waals surface area contributed by atoms with Gasteiger partial charge in [0.2, 0.25) is 0 Å². The van der Waals surface area contributed by atoms with Crippen molar-refractivity contribution in [2.24, 2.45) is 0 Å². The van der Waals surface area contributed by atoms with E-state index in [4.69, 9.17) is 0 Å². The highest BCUT2D eigenvalue weighted by molar-refractivity contribution is 7.17. The van der Waals surface area contributed by atoms with Crippen LogP contribution in [0.1, 0.15) is 52.4 Å². The van der Waals surface area contributed by atoms with Crippen molar-refractivity contribution in [3.8, 4) is 0 Å². The first-order chi connectivity index (χ1) is 9.27. The Balaban J connectivity index is 0.000000190. The van der Waals surface area contributed by atoms with E-state index in [2.05, 4.69) is 49.6 Å². The SMILES string of the molecule is CCCCC(=O)CCCC.c1ccc2sccc2c1. The predicted molar refractivity (Wildman–Crippen MR) is 85.9 cm³/mol. The van der Waals surface area contributed by atoms with E-state index in [1.165, 1.54) is 10.1 Å². The number of hydrogen-bond acceptors (Lipinski definition) is 2. The van der Waals surface area contributed by atoms with Gasteiger partial charge in [-0.25, -0.2) is 0 Å². The number of hydrogen-bond donors (Lipinski definition) is 0. The summed E-state index contributed by atoms with van der Waals surface area (Å²) < 4.78 is 1.37. The largest absolute Gasteiger partial charge is 0.300 e. The lowest BCUT2D eigenvalue weighted by atomic mass is 10.1. The van der Waals surface area contributed by atoms with E-state index in [1.807, 2.05) is 0 Å². The van der Waals surface area contributed by atoms with Crippen LogP contribution in [0.3, 0.4) is 0 Å². The number of unbranched alkanes of at least 4 members (excludes halogenated alkanes) is 2. The minimum absolute atomic E-state index is 0.448. The molecular formula is C17H24OS. The molecule has 1 aromatic carbocycles. The van der Waals surface area contributed by atoms with Gasteiger partial charge in [-0.15, -0.1) is 11.3 Å². The molecule has 0 N–H and O–H groups in total. The molecule has 2 aromatic rings. The molecule has 0 radical (unpaired) electrons. The van der Waals surface area contributed by atoms with Gasteiger partial charge >= 0.3 is 0 Å². The fourth-order valence-corrected chi connectivity index (χ4v) is 2.57. The Hall–Kier alpha value is -1.15. The van der Waals surface area contributed by atoms with Gasteiger partial charge in [0.1, 0.15) is 5.78 Å². The third-order valence-electron chi connectivity index (χ3n) is 2.98. The molecule has 0 fully saturated rings. The number of ketones is 1. The third kappa shape index (κ3) is 6.53. The predicted octanol–water partition coefficient (Wildman–Crippen LogP) is 5.84. The lowest BCUT2D eigenvalue weighted by Crippen LogP contribution is -1.96. The molecule has 2 rings (SSSR count). The van der Waals surface area contributed by atoms with E-state index in [9.17, 15) is 4.79 Å². The average Bonchev–Trinajstić information content (AvgIpc) is 2.92. The summed E-state index contributed by atoms with van der Waals surface area (Å²) in [6, 6.07) is 10.5. The van der Waals surface area contributed by atoms with E-state index in [1.54, 1.807) is 11.3 Å². The topological polar surface area (TPSA) is 17.1 Å². The Morgan fingerprint density at radius 1 is 1.00 bits per heavy atom. The zero-order chi connectivity index (χ0) is 13.9. The molecule has 1 aromatic heterocycles. The number of benzene rings is 1. The molecule has 0 aliphatic rings. The number of rotatable bonds is 6. The van der Waals surface area contributed by atoms with Gasteiger partial charge < -0.3 is 0 Å². The maximum atomic E-state index is 11.0. The first-order valence-electron chi connectivity index (χ1n) is 7.21. The van der Waals surface area contributed by atoms with Gasteiger partial charge in [0, 0.05) is 17.5 Å². The van der Waals surface area contributed by atoms with Crippen LogP contribution in [0, 0.1) is 0 Å². The fourth-order valence-electron chi connectivity index (χ4n) is 1.78. The van der Waals surface area contributed by atoms with Crippen LogP contribution in [0.2, 0.25) is 0 Å². The second-order valence-corrected chi connectivity index (χ2v) is 5.65. The van der Waals surface area contributed by atoms with E-state index in [-0.39, 0.29) is 0 Å². The Morgan fingerprint density at radius 3 is 2.21 bits per heavy atom. The van der Waals surface area contributed by atoms with Crippen molar-refractivity contribution in [2.75, 3.05) is 0 Å². The average molecular weight is 276 g/mol. The Labute approximate surface area is 120 Å². The molecule has 0 unspecified atom stereocenters. The molecule has 0 spiro atoms. The van der Waals surface area contributed by atoms with Gasteiger partial charge in [-0.05, 0) is 35.7 Å². The molecule has 0 amide bonds. The molecular weight excluding hydrogens is 252 g/mol. The summed E-state index contributed by atoms with van der Waals surface area (Å²) >= 11 is 1.79. The first-order valence-corrected chi connectivity index (χ1v) is 8.09. The van der Waals surface area contributed by atoms with Crippen molar-refractivity contribution in [3.05, 3.63) is 35.7 Å². The molecule has 19 heavy (non-hydrogen) atoms. The Morgan fingerprint density at radius 2 is 1.63 bits per heavy atom. The minimum Gasteiger partial charge on any atom is -0.300 e. The summed E-state index contributed by atoms with van der Waals surface area (Å²) in [5.41, 5.74) is 0. The Bertz CT molecular complexity index is 433. The maximum Gasteiger partial charge on any atom is 0.132 e. The summed E-state index contributed by atoms with van der Waals surface area (Å²) in [5.74, 6) is 0.448. The van der Waals surface area contributed by atoms with Crippen LogP contribution in [0.5, 0.6) is 0 Å². The summed E-state index contributed by atoms with van der Waals surface area (Å²) in [4.78, 5) is 11.0. The number of carbonyl (C=O) groups excluding carboxylic acids is 1. The summed E-state index contributed by atoms with van der Waals surface area (Å²) in [6.45, 7) is 4.24. The lowest BCUT2D eigenvalue weighted by Gasteiger charge is -1.96. The number of thiophene rings is 1. The minimum atomic E-state index is 0.448. The molecule has 0 saturated heterocycles. The van der Waals surface area contributed by atoms with Gasteiger partial charge in [-0.3, -0.25) is 4.79 Å². The van der Waals surface area contributed by atoms with Crippen LogP contribution in [-0.2, 0) is 4.79 Å². The van der Waals surface area contributed by atoms with Crippen molar-refractivity contribution in [1.82, 2.24) is 0 Å². The van der Waals surface area contributed by atoms with Crippen molar-refractivity contribution in [2.45, 2.75) is 52.4 Å². The summed E-state index contributed by atoms with van der Waals surface area (Å²) in [5, 5.41) is 3.47. The van der Waals surface area contributed by atoms with E-state index >= 15 is 0 Å². The normalized spacial score (nSPS) is 10.0. The van der Waals surface area contributed by atoms with E-state index in [0.29, 0.717) is 5.78 Å². The van der Waals surface area contributed by atoms with Crippen LogP contribution in [0.25, 0.3) is 10.1 Å². The highest BCUT2D eigenvalue weighted by atomic mass is 32.1. The molecule has 0 bridgehead atoms. The second kappa shape index (κ2) is 9.74. The quantitative estimate of drug-likeness (QED) is 0.648. The van der Waals surface area contributed by atoms with Crippen LogP contribution in [0.4, 0.5) is 0 Å². The smallest absolute Gasteiger partial charge is 0.132 e. The summed E-state index contributed by atoms with van der Waals surface area (Å²) in [6.07, 6.45) is 6.02. The second-order valence-electron chi connectivity index (χ2n) is 4.70. The first kappa shape index (κ1) is 15.9. The number of fused-ring (bicyclic) bond motifs is 1. The molecule has 0 saturated carbocycles. The van der Waals surface area contributed by atoms with Gasteiger partial charge in [-0.1, -0.05) is 44.9 Å². The van der Waals surface area contributed by atoms with E-state index in [0.717, 1.165) is 38.5 Å². The van der Waals surface area contributed by atoms with Gasteiger partial charge in [0.25, 0.3) is 0 Å². The number of Topliss-reactive ketones (excluding diaryl/α,β-unsaturated/α-hetero) is 1. The molecule has 2 heteroatoms. The molecule has 1 heterocycles. The van der Waals surface area contributed by atoms with Crippen LogP contribution >= 0.6 is 11.3 Å². The van der Waals surface area contributed by atoms with Crippen molar-refractivity contribution < 1.29 is 4.79 Å². The Kier molecular flexibility index (Phi) is 8.15. The van der Waals surface area contributed by atoms with Crippen LogP contribution < -0.4 is 0 Å². The van der Waals surface area contributed by atoms with Crippen molar-refractivity contribution in [3.63, 3.8) is 0 Å².